The van der Waals surface area contributed by atoms with Crippen LogP contribution >= 0.6 is 0 Å². The molecule has 3 N–H and O–H groups in total. The van der Waals surface area contributed by atoms with E-state index in [0.29, 0.717) is 16.6 Å². The summed E-state index contributed by atoms with van der Waals surface area (Å²) in [6.45, 7) is 0. The second-order valence-electron chi connectivity index (χ2n) is 5.63. The topological polar surface area (TPSA) is 99.1 Å². The van der Waals surface area contributed by atoms with Crippen LogP contribution in [0.15, 0.2) is 61.2 Å². The number of hydrogen-bond acceptors (Lipinski definition) is 5. The van der Waals surface area contributed by atoms with Gasteiger partial charge < -0.3 is 15.2 Å². The number of phenolic OH excluding ortho intramolecular Hbond substituents is 2. The van der Waals surface area contributed by atoms with Gasteiger partial charge in [0.05, 0.1) is 0 Å². The molecule has 3 aromatic heterocycles. The maximum Gasteiger partial charge on any atom is 0.195 e. The average molecular weight is 331 g/mol. The van der Waals surface area contributed by atoms with E-state index in [1.165, 1.54) is 18.2 Å². The summed E-state index contributed by atoms with van der Waals surface area (Å²) in [5, 5.41) is 19.9. The van der Waals surface area contributed by atoms with E-state index < -0.39 is 0 Å². The maximum absolute atomic E-state index is 12.8. The van der Waals surface area contributed by atoms with Crippen molar-refractivity contribution in [3.63, 3.8) is 0 Å². The van der Waals surface area contributed by atoms with Crippen LogP contribution in [0.1, 0.15) is 15.9 Å². The lowest BCUT2D eigenvalue weighted by Gasteiger charge is -2.04. The van der Waals surface area contributed by atoms with Crippen LogP contribution in [0.25, 0.3) is 22.2 Å². The second kappa shape index (κ2) is 5.76. The Bertz CT molecular complexity index is 1070. The van der Waals surface area contributed by atoms with Gasteiger partial charge in [-0.15, -0.1) is 0 Å². The third-order valence-electron chi connectivity index (χ3n) is 3.94. The molecule has 4 aromatic rings. The first-order valence-corrected chi connectivity index (χ1v) is 7.57. The lowest BCUT2D eigenvalue weighted by atomic mass is 10.0. The van der Waals surface area contributed by atoms with Gasteiger partial charge in [-0.1, -0.05) is 6.07 Å². The molecule has 0 radical (unpaired) electrons. The Morgan fingerprint density at radius 1 is 1.00 bits per heavy atom. The lowest BCUT2D eigenvalue weighted by Crippen LogP contribution is -2.00. The van der Waals surface area contributed by atoms with Crippen molar-refractivity contribution in [1.82, 2.24) is 15.0 Å². The zero-order valence-corrected chi connectivity index (χ0v) is 13.0. The molecule has 0 aliphatic carbocycles. The van der Waals surface area contributed by atoms with Crippen LogP contribution in [0.3, 0.4) is 0 Å². The standard InChI is InChI=1S/C19H13N3O3/c23-14-4-12(5-15(24)7-14)18(25)17-10-22-19-16(17)6-13(9-21-19)11-2-1-3-20-8-11/h1-10,23-24H,(H,21,22). The first-order chi connectivity index (χ1) is 12.1. The number of hydrogen-bond donors (Lipinski definition) is 3. The number of benzene rings is 1. The Kier molecular flexibility index (Phi) is 3.43. The first kappa shape index (κ1) is 14.9. The van der Waals surface area contributed by atoms with Gasteiger partial charge in [-0.3, -0.25) is 9.78 Å². The van der Waals surface area contributed by atoms with Gasteiger partial charge in [0.15, 0.2) is 5.78 Å². The fraction of sp³-hybridized carbons (Fsp3) is 0. The monoisotopic (exact) mass is 331 g/mol. The number of nitrogens with one attached hydrogen (secondary N) is 1. The van der Waals surface area contributed by atoms with Crippen LogP contribution in [-0.2, 0) is 0 Å². The van der Waals surface area contributed by atoms with Gasteiger partial charge in [-0.25, -0.2) is 4.98 Å². The quantitative estimate of drug-likeness (QED) is 0.500. The SMILES string of the molecule is O=C(c1cc(O)cc(O)c1)c1c[nH]c2ncc(-c3cccnc3)cc12. The Labute approximate surface area is 142 Å². The highest BCUT2D eigenvalue weighted by atomic mass is 16.3. The Morgan fingerprint density at radius 2 is 1.80 bits per heavy atom. The lowest BCUT2D eigenvalue weighted by molar-refractivity contribution is 0.103. The fourth-order valence-corrected chi connectivity index (χ4v) is 2.76. The molecule has 0 amide bonds. The smallest absolute Gasteiger partial charge is 0.195 e. The molecule has 0 aliphatic rings. The number of aromatic amines is 1. The van der Waals surface area contributed by atoms with Crippen molar-refractivity contribution in [1.29, 1.82) is 0 Å². The van der Waals surface area contributed by atoms with Crippen molar-refractivity contribution >= 4 is 16.8 Å². The number of aromatic hydroxyl groups is 2. The van der Waals surface area contributed by atoms with E-state index in [2.05, 4.69) is 15.0 Å². The Morgan fingerprint density at radius 3 is 2.52 bits per heavy atom. The van der Waals surface area contributed by atoms with Crippen molar-refractivity contribution in [3.8, 4) is 22.6 Å². The normalized spacial score (nSPS) is 10.9. The highest BCUT2D eigenvalue weighted by Crippen LogP contribution is 2.28. The first-order valence-electron chi connectivity index (χ1n) is 7.57. The number of H-pyrrole nitrogens is 1. The molecule has 6 heteroatoms. The molecule has 0 unspecified atom stereocenters. The van der Waals surface area contributed by atoms with Gasteiger partial charge in [0, 0.05) is 58.5 Å². The van der Waals surface area contributed by atoms with Crippen LogP contribution in [0.2, 0.25) is 0 Å². The van der Waals surface area contributed by atoms with Crippen LogP contribution in [0, 0.1) is 0 Å². The van der Waals surface area contributed by atoms with E-state index >= 15 is 0 Å². The van der Waals surface area contributed by atoms with E-state index in [-0.39, 0.29) is 22.8 Å². The van der Waals surface area contributed by atoms with Crippen molar-refractivity contribution in [2.75, 3.05) is 0 Å². The molecule has 122 valence electrons. The van der Waals surface area contributed by atoms with Crippen molar-refractivity contribution in [3.05, 3.63) is 72.3 Å². The number of fused-ring (bicyclic) bond motifs is 1. The molecule has 0 saturated carbocycles. The third-order valence-corrected chi connectivity index (χ3v) is 3.94. The summed E-state index contributed by atoms with van der Waals surface area (Å²) >= 11 is 0. The molecule has 0 atom stereocenters. The minimum Gasteiger partial charge on any atom is -0.508 e. The number of pyridine rings is 2. The van der Waals surface area contributed by atoms with Gasteiger partial charge in [-0.2, -0.15) is 0 Å². The molecular formula is C19H13N3O3. The van der Waals surface area contributed by atoms with Crippen LogP contribution < -0.4 is 0 Å². The summed E-state index contributed by atoms with van der Waals surface area (Å²) in [6, 6.07) is 9.42. The number of ketones is 1. The molecule has 6 nitrogen and oxygen atoms in total. The van der Waals surface area contributed by atoms with E-state index in [1.807, 2.05) is 18.2 Å². The maximum atomic E-state index is 12.8. The number of phenols is 2. The summed E-state index contributed by atoms with van der Waals surface area (Å²) < 4.78 is 0. The Balaban J connectivity index is 1.83. The number of carbonyl (C=O) groups excluding carboxylic acids is 1. The van der Waals surface area contributed by atoms with Gasteiger partial charge in [-0.05, 0) is 24.3 Å². The van der Waals surface area contributed by atoms with Gasteiger partial charge in [0.2, 0.25) is 0 Å². The van der Waals surface area contributed by atoms with Gasteiger partial charge in [0.25, 0.3) is 0 Å². The number of rotatable bonds is 3. The zero-order valence-electron chi connectivity index (χ0n) is 13.0. The summed E-state index contributed by atoms with van der Waals surface area (Å²) in [4.78, 5) is 24.2. The molecule has 4 rings (SSSR count). The largest absolute Gasteiger partial charge is 0.508 e. The summed E-state index contributed by atoms with van der Waals surface area (Å²) in [7, 11) is 0. The minimum absolute atomic E-state index is 0.169. The summed E-state index contributed by atoms with van der Waals surface area (Å²) in [6.07, 6.45) is 6.71. The predicted molar refractivity (Wildman–Crippen MR) is 92.5 cm³/mol. The summed E-state index contributed by atoms with van der Waals surface area (Å²) in [5.74, 6) is -0.655. The molecule has 0 spiro atoms. The highest BCUT2D eigenvalue weighted by Gasteiger charge is 2.17. The number of aromatic nitrogens is 3. The second-order valence-corrected chi connectivity index (χ2v) is 5.63. The molecule has 0 fully saturated rings. The molecule has 3 heterocycles. The van der Waals surface area contributed by atoms with Crippen LogP contribution in [-0.4, -0.2) is 30.9 Å². The minimum atomic E-state index is -0.317. The van der Waals surface area contributed by atoms with E-state index in [1.54, 1.807) is 24.8 Å². The molecular weight excluding hydrogens is 318 g/mol. The van der Waals surface area contributed by atoms with Gasteiger partial charge >= 0.3 is 0 Å². The van der Waals surface area contributed by atoms with E-state index in [0.717, 1.165) is 11.1 Å². The fourth-order valence-electron chi connectivity index (χ4n) is 2.76. The van der Waals surface area contributed by atoms with E-state index in [9.17, 15) is 15.0 Å². The molecule has 0 bridgehead atoms. The number of nitrogens with zero attached hydrogens (tertiary/aromatic N) is 2. The van der Waals surface area contributed by atoms with Gasteiger partial charge in [0.1, 0.15) is 17.1 Å². The summed E-state index contributed by atoms with van der Waals surface area (Å²) in [5.41, 5.74) is 2.93. The van der Waals surface area contributed by atoms with Crippen molar-refractivity contribution < 1.29 is 15.0 Å². The number of carbonyl (C=O) groups is 1. The predicted octanol–water partition coefficient (Wildman–Crippen LogP) is 3.27. The molecule has 1 aromatic carbocycles. The third kappa shape index (κ3) is 2.70. The Hall–Kier alpha value is -3.67. The van der Waals surface area contributed by atoms with Crippen LogP contribution in [0.5, 0.6) is 11.5 Å². The van der Waals surface area contributed by atoms with Crippen molar-refractivity contribution in [2.24, 2.45) is 0 Å². The van der Waals surface area contributed by atoms with Crippen LogP contribution in [0.4, 0.5) is 0 Å². The van der Waals surface area contributed by atoms with E-state index in [4.69, 9.17) is 0 Å². The molecule has 0 saturated heterocycles. The molecule has 25 heavy (non-hydrogen) atoms. The average Bonchev–Trinajstić information content (AvgIpc) is 3.04. The zero-order chi connectivity index (χ0) is 17.4. The molecule has 0 aliphatic heterocycles. The van der Waals surface area contributed by atoms with Crippen molar-refractivity contribution in [2.45, 2.75) is 0 Å². The highest BCUT2D eigenvalue weighted by molar-refractivity contribution is 6.16.